The van der Waals surface area contributed by atoms with Gasteiger partial charge < -0.3 is 10.3 Å². The maximum atomic E-state index is 12.7. The first kappa shape index (κ1) is 22.0. The molecular formula is C24H25N3O4S. The van der Waals surface area contributed by atoms with Gasteiger partial charge in [-0.3, -0.25) is 9.59 Å². The molecule has 0 aliphatic carbocycles. The Balaban J connectivity index is 1.32. The Hall–Kier alpha value is -3.23. The highest BCUT2D eigenvalue weighted by Gasteiger charge is 2.29. The number of amides is 1. The number of benzene rings is 2. The predicted octanol–water partition coefficient (Wildman–Crippen LogP) is 2.87. The van der Waals surface area contributed by atoms with Gasteiger partial charge in [0.15, 0.2) is 0 Å². The van der Waals surface area contributed by atoms with Gasteiger partial charge in [0.1, 0.15) is 5.56 Å². The molecule has 0 atom stereocenters. The van der Waals surface area contributed by atoms with Gasteiger partial charge >= 0.3 is 0 Å². The molecule has 0 radical (unpaired) electrons. The molecule has 1 fully saturated rings. The fourth-order valence-corrected chi connectivity index (χ4v) is 5.36. The van der Waals surface area contributed by atoms with Crippen LogP contribution in [0.3, 0.4) is 0 Å². The molecule has 3 aromatic rings. The van der Waals surface area contributed by atoms with Crippen molar-refractivity contribution >= 4 is 15.9 Å². The summed E-state index contributed by atoms with van der Waals surface area (Å²) >= 11 is 0. The molecule has 0 saturated carbocycles. The minimum absolute atomic E-state index is 0.0637. The highest BCUT2D eigenvalue weighted by atomic mass is 32.2. The maximum Gasteiger partial charge on any atom is 0.261 e. The number of sulfonamides is 1. The number of aromatic amines is 1. The number of carbonyl (C=O) groups excluding carboxylic acids is 1. The second-order valence-electron chi connectivity index (χ2n) is 7.85. The molecule has 2 heterocycles. The fraction of sp³-hybridized carbons (Fsp3) is 0.250. The quantitative estimate of drug-likeness (QED) is 0.602. The fourth-order valence-electron chi connectivity index (χ4n) is 3.87. The van der Waals surface area contributed by atoms with E-state index >= 15 is 0 Å². The number of hydrogen-bond acceptors (Lipinski definition) is 4. The van der Waals surface area contributed by atoms with Gasteiger partial charge in [-0.05, 0) is 48.6 Å². The van der Waals surface area contributed by atoms with Crippen molar-refractivity contribution in [2.45, 2.75) is 17.7 Å². The molecule has 0 bridgehead atoms. The SMILES string of the molecule is O=C(NCC1CCN(S(=O)(=O)c2ccccc2)CC1)c1ccc(-c2ccccc2)[nH]c1=O. The van der Waals surface area contributed by atoms with Gasteiger partial charge in [-0.15, -0.1) is 0 Å². The summed E-state index contributed by atoms with van der Waals surface area (Å²) in [4.78, 5) is 28.0. The number of H-pyrrole nitrogens is 1. The summed E-state index contributed by atoms with van der Waals surface area (Å²) in [5.41, 5.74) is 1.15. The van der Waals surface area contributed by atoms with Gasteiger partial charge in [-0.2, -0.15) is 4.31 Å². The van der Waals surface area contributed by atoms with Gasteiger partial charge in [0.05, 0.1) is 4.90 Å². The molecule has 166 valence electrons. The number of rotatable bonds is 6. The number of aromatic nitrogens is 1. The van der Waals surface area contributed by atoms with E-state index in [9.17, 15) is 18.0 Å². The standard InChI is InChI=1S/C24H25N3O4S/c28-23(21-11-12-22(26-24(21)29)19-7-3-1-4-8-19)25-17-18-13-15-27(16-14-18)32(30,31)20-9-5-2-6-10-20/h1-12,18H,13-17H2,(H,25,28)(H,26,29). The molecule has 4 rings (SSSR count). The number of nitrogens with one attached hydrogen (secondary N) is 2. The number of hydrogen-bond donors (Lipinski definition) is 2. The Labute approximate surface area is 187 Å². The van der Waals surface area contributed by atoms with E-state index in [2.05, 4.69) is 10.3 Å². The van der Waals surface area contributed by atoms with Crippen molar-refractivity contribution in [1.29, 1.82) is 0 Å². The number of pyridine rings is 1. The summed E-state index contributed by atoms with van der Waals surface area (Å²) in [5.74, 6) is -0.269. The molecule has 1 aromatic heterocycles. The van der Waals surface area contributed by atoms with E-state index in [4.69, 9.17) is 0 Å². The van der Waals surface area contributed by atoms with Crippen molar-refractivity contribution in [2.24, 2.45) is 5.92 Å². The van der Waals surface area contributed by atoms with Gasteiger partial charge in [0.25, 0.3) is 11.5 Å². The van der Waals surface area contributed by atoms with E-state index in [0.717, 1.165) is 5.56 Å². The van der Waals surface area contributed by atoms with Crippen LogP contribution in [-0.4, -0.2) is 43.2 Å². The molecule has 7 nitrogen and oxygen atoms in total. The second kappa shape index (κ2) is 9.50. The van der Waals surface area contributed by atoms with Crippen LogP contribution in [0.2, 0.25) is 0 Å². The van der Waals surface area contributed by atoms with Gasteiger partial charge in [0, 0.05) is 25.3 Å². The Kier molecular flexibility index (Phi) is 6.53. The van der Waals surface area contributed by atoms with Gasteiger partial charge in [-0.25, -0.2) is 8.42 Å². The lowest BCUT2D eigenvalue weighted by Crippen LogP contribution is -2.42. The summed E-state index contributed by atoms with van der Waals surface area (Å²) in [5, 5.41) is 2.83. The molecule has 1 aliphatic heterocycles. The lowest BCUT2D eigenvalue weighted by atomic mass is 9.98. The van der Waals surface area contributed by atoms with Crippen LogP contribution in [0, 0.1) is 5.92 Å². The number of piperidine rings is 1. The Morgan fingerprint density at radius 1 is 0.938 bits per heavy atom. The largest absolute Gasteiger partial charge is 0.352 e. The van der Waals surface area contributed by atoms with Crippen molar-refractivity contribution in [2.75, 3.05) is 19.6 Å². The molecule has 32 heavy (non-hydrogen) atoms. The summed E-state index contributed by atoms with van der Waals surface area (Å²) in [6, 6.07) is 21.1. The molecule has 1 saturated heterocycles. The van der Waals surface area contributed by atoms with Crippen molar-refractivity contribution < 1.29 is 13.2 Å². The molecule has 8 heteroatoms. The maximum absolute atomic E-state index is 12.7. The smallest absolute Gasteiger partial charge is 0.261 e. The van der Waals surface area contributed by atoms with Crippen molar-refractivity contribution in [3.05, 3.63) is 88.7 Å². The highest BCUT2D eigenvalue weighted by Crippen LogP contribution is 2.23. The van der Waals surface area contributed by atoms with E-state index < -0.39 is 21.5 Å². The van der Waals surface area contributed by atoms with Crippen molar-refractivity contribution in [3.63, 3.8) is 0 Å². The van der Waals surface area contributed by atoms with Crippen LogP contribution in [0.4, 0.5) is 0 Å². The number of carbonyl (C=O) groups is 1. The van der Waals surface area contributed by atoms with E-state index in [1.54, 1.807) is 36.4 Å². The van der Waals surface area contributed by atoms with Gasteiger partial charge in [0.2, 0.25) is 10.0 Å². The van der Waals surface area contributed by atoms with E-state index in [1.165, 1.54) is 10.4 Å². The molecule has 1 aliphatic rings. The lowest BCUT2D eigenvalue weighted by molar-refractivity contribution is 0.0940. The number of nitrogens with zero attached hydrogens (tertiary/aromatic N) is 1. The summed E-state index contributed by atoms with van der Waals surface area (Å²) in [7, 11) is -3.49. The predicted molar refractivity (Wildman–Crippen MR) is 123 cm³/mol. The van der Waals surface area contributed by atoms with Crippen LogP contribution in [0.1, 0.15) is 23.2 Å². The Morgan fingerprint density at radius 3 is 2.19 bits per heavy atom. The van der Waals surface area contributed by atoms with Crippen LogP contribution in [0.15, 0.2) is 82.5 Å². The first-order chi connectivity index (χ1) is 15.4. The van der Waals surface area contributed by atoms with E-state index in [-0.39, 0.29) is 11.5 Å². The molecule has 2 aromatic carbocycles. The molecule has 0 unspecified atom stereocenters. The molecule has 2 N–H and O–H groups in total. The van der Waals surface area contributed by atoms with Crippen LogP contribution < -0.4 is 10.9 Å². The third kappa shape index (κ3) is 4.81. The molecular weight excluding hydrogens is 426 g/mol. The zero-order valence-electron chi connectivity index (χ0n) is 17.5. The first-order valence-electron chi connectivity index (χ1n) is 10.6. The normalized spacial score (nSPS) is 15.4. The van der Waals surface area contributed by atoms with Crippen LogP contribution in [-0.2, 0) is 10.0 Å². The van der Waals surface area contributed by atoms with Crippen LogP contribution >= 0.6 is 0 Å². The average molecular weight is 452 g/mol. The third-order valence-electron chi connectivity index (χ3n) is 5.74. The highest BCUT2D eigenvalue weighted by molar-refractivity contribution is 7.89. The Morgan fingerprint density at radius 2 is 1.56 bits per heavy atom. The minimum atomic E-state index is -3.49. The first-order valence-corrected chi connectivity index (χ1v) is 12.0. The average Bonchev–Trinajstić information content (AvgIpc) is 2.84. The second-order valence-corrected chi connectivity index (χ2v) is 9.79. The molecule has 1 amide bonds. The van der Waals surface area contributed by atoms with Gasteiger partial charge in [-0.1, -0.05) is 48.5 Å². The zero-order chi connectivity index (χ0) is 22.6. The summed E-state index contributed by atoms with van der Waals surface area (Å²) in [6.45, 7) is 1.21. The van der Waals surface area contributed by atoms with E-state index in [0.29, 0.717) is 43.1 Å². The minimum Gasteiger partial charge on any atom is -0.352 e. The third-order valence-corrected chi connectivity index (χ3v) is 7.66. The Bertz CT molecular complexity index is 1230. The van der Waals surface area contributed by atoms with E-state index in [1.807, 2.05) is 30.3 Å². The molecule has 0 spiro atoms. The summed E-state index contributed by atoms with van der Waals surface area (Å²) in [6.07, 6.45) is 1.30. The topological polar surface area (TPSA) is 99.3 Å². The van der Waals surface area contributed by atoms with Crippen molar-refractivity contribution in [1.82, 2.24) is 14.6 Å². The lowest BCUT2D eigenvalue weighted by Gasteiger charge is -2.31. The zero-order valence-corrected chi connectivity index (χ0v) is 18.3. The van der Waals surface area contributed by atoms with Crippen LogP contribution in [0.25, 0.3) is 11.3 Å². The van der Waals surface area contributed by atoms with Crippen molar-refractivity contribution in [3.8, 4) is 11.3 Å². The van der Waals surface area contributed by atoms with Crippen LogP contribution in [0.5, 0.6) is 0 Å². The monoisotopic (exact) mass is 451 g/mol. The summed E-state index contributed by atoms with van der Waals surface area (Å²) < 4.78 is 27.0.